The molecule has 0 radical (unpaired) electrons. The Hall–Kier alpha value is -4.92. The van der Waals surface area contributed by atoms with Crippen LogP contribution in [0.3, 0.4) is 0 Å². The molecule has 0 unspecified atom stereocenters. The van der Waals surface area contributed by atoms with E-state index in [2.05, 4.69) is 16.0 Å². The van der Waals surface area contributed by atoms with Gasteiger partial charge in [0.05, 0.1) is 32.0 Å². The number of amides is 3. The molecule has 3 N–H and O–H groups in total. The second-order valence-corrected chi connectivity index (χ2v) is 17.2. The van der Waals surface area contributed by atoms with E-state index in [1.807, 2.05) is 41.8 Å². The van der Waals surface area contributed by atoms with Crippen molar-refractivity contribution in [3.05, 3.63) is 41.8 Å². The highest BCUT2D eigenvalue weighted by Gasteiger charge is 2.62. The molecule has 58 heavy (non-hydrogen) atoms. The van der Waals surface area contributed by atoms with E-state index >= 15 is 0 Å². The molecule has 1 aromatic carbocycles. The average Bonchev–Trinajstić information content (AvgIpc) is 3.88. The fraction of sp³-hybridized carbons (Fsp3) is 0.581. The number of hydrogen-bond donors (Lipinski definition) is 3. The summed E-state index contributed by atoms with van der Waals surface area (Å²) in [5, 5.41) is 13.0. The molecule has 3 saturated carbocycles. The van der Waals surface area contributed by atoms with Crippen LogP contribution in [0.1, 0.15) is 96.3 Å². The van der Waals surface area contributed by atoms with Gasteiger partial charge in [0, 0.05) is 41.3 Å². The van der Waals surface area contributed by atoms with Crippen molar-refractivity contribution >= 4 is 51.2 Å². The molecule has 4 fully saturated rings. The minimum absolute atomic E-state index is 0.0722. The highest BCUT2D eigenvalue weighted by molar-refractivity contribution is 7.14. The number of aromatic nitrogens is 2. The third kappa shape index (κ3) is 8.74. The monoisotopic (exact) mass is 814 g/mol. The van der Waals surface area contributed by atoms with Gasteiger partial charge in [-0.1, -0.05) is 37.8 Å². The maximum absolute atomic E-state index is 14.7. The van der Waals surface area contributed by atoms with Crippen LogP contribution in [-0.4, -0.2) is 95.4 Å². The largest absolute Gasteiger partial charge is 0.497 e. The van der Waals surface area contributed by atoms with Crippen molar-refractivity contribution in [2.45, 2.75) is 132 Å². The van der Waals surface area contributed by atoms with E-state index < -0.39 is 47.6 Å². The topological polar surface area (TPSA) is 170 Å². The van der Waals surface area contributed by atoms with E-state index in [1.165, 1.54) is 36.2 Å². The lowest BCUT2D eigenvalue weighted by Crippen LogP contribution is -2.56. The van der Waals surface area contributed by atoms with Gasteiger partial charge in [0.2, 0.25) is 11.8 Å². The summed E-state index contributed by atoms with van der Waals surface area (Å²) in [4.78, 5) is 66.8. The number of nitrogens with zero attached hydrogens (tertiary/aromatic N) is 3. The Kier molecular flexibility index (Phi) is 12.0. The molecule has 15 heteroatoms. The summed E-state index contributed by atoms with van der Waals surface area (Å²) >= 11 is 1.54. The van der Waals surface area contributed by atoms with Crippen LogP contribution in [0.25, 0.3) is 22.3 Å². The second kappa shape index (κ2) is 17.5. The van der Waals surface area contributed by atoms with E-state index in [0.717, 1.165) is 68.3 Å². The summed E-state index contributed by atoms with van der Waals surface area (Å²) in [5.74, 6) is -0.446. The molecule has 0 bridgehead atoms. The first-order chi connectivity index (χ1) is 28.2. The summed E-state index contributed by atoms with van der Waals surface area (Å²) < 4.78 is 23.3. The average molecular weight is 815 g/mol. The quantitative estimate of drug-likeness (QED) is 0.156. The number of pyridine rings is 1. The van der Waals surface area contributed by atoms with Crippen LogP contribution in [0.15, 0.2) is 41.8 Å². The standard InChI is InChI=1S/C43H54N6O8S/c1-54-29-18-19-31-33(20-29)45-34(35-25-58-41(46-35)44-27-13-8-9-14-27)22-37(31)56-30-21-36-38(50)48-43(40(52)55-2)23-26(43)12-6-4-3-5-7-17-32(39(51)49(36)24-30)47-42(53)57-28-15-10-11-16-28/h6,12,18-20,22,25-28,30,32,36H,3-5,7-11,13-17,21,23-24H2,1-2H3,(H,44,46)(H,47,53)(H,48,50)/b12-6-/t26-,30-,32+,36+,43-/m1/s1. The van der Waals surface area contributed by atoms with Gasteiger partial charge in [-0.3, -0.25) is 9.59 Å². The minimum atomic E-state index is -1.22. The van der Waals surface area contributed by atoms with Gasteiger partial charge in [-0.2, -0.15) is 0 Å². The minimum Gasteiger partial charge on any atom is -0.497 e. The molecular formula is C43H54N6O8S. The van der Waals surface area contributed by atoms with Crippen LogP contribution in [0.4, 0.5) is 9.93 Å². The molecule has 5 atom stereocenters. The molecule has 3 amide bonds. The Morgan fingerprint density at radius 3 is 2.52 bits per heavy atom. The lowest BCUT2D eigenvalue weighted by molar-refractivity contribution is -0.148. The Labute approximate surface area is 342 Å². The third-order valence-electron chi connectivity index (χ3n) is 12.4. The van der Waals surface area contributed by atoms with Crippen LogP contribution in [0.2, 0.25) is 0 Å². The zero-order valence-electron chi connectivity index (χ0n) is 33.3. The van der Waals surface area contributed by atoms with Gasteiger partial charge >= 0.3 is 12.1 Å². The maximum Gasteiger partial charge on any atom is 0.408 e. The Morgan fingerprint density at radius 2 is 1.72 bits per heavy atom. The summed E-state index contributed by atoms with van der Waals surface area (Å²) in [7, 11) is 2.92. The van der Waals surface area contributed by atoms with Crippen LogP contribution in [-0.2, 0) is 23.9 Å². The predicted octanol–water partition coefficient (Wildman–Crippen LogP) is 6.68. The molecule has 3 aliphatic carbocycles. The Bertz CT molecular complexity index is 2030. The number of alkyl carbamates (subject to hydrolysis) is 1. The van der Waals surface area contributed by atoms with Crippen molar-refractivity contribution in [1.29, 1.82) is 0 Å². The number of hydrogen-bond acceptors (Lipinski definition) is 12. The number of thiazole rings is 1. The van der Waals surface area contributed by atoms with E-state index in [4.69, 9.17) is 28.9 Å². The van der Waals surface area contributed by atoms with Gasteiger partial charge in [-0.15, -0.1) is 11.3 Å². The maximum atomic E-state index is 14.7. The molecule has 310 valence electrons. The van der Waals surface area contributed by atoms with Crippen molar-refractivity contribution in [1.82, 2.24) is 25.5 Å². The summed E-state index contributed by atoms with van der Waals surface area (Å²) in [6.45, 7) is 0.0722. The summed E-state index contributed by atoms with van der Waals surface area (Å²) in [6.07, 6.45) is 15.0. The molecular weight excluding hydrogens is 761 g/mol. The van der Waals surface area contributed by atoms with E-state index in [0.29, 0.717) is 53.7 Å². The number of methoxy groups -OCH3 is 2. The molecule has 8 rings (SSSR count). The number of allylic oxidation sites excluding steroid dienone is 1. The smallest absolute Gasteiger partial charge is 0.408 e. The van der Waals surface area contributed by atoms with Gasteiger partial charge < -0.3 is 39.8 Å². The number of ether oxygens (including phenoxy) is 4. The van der Waals surface area contributed by atoms with Gasteiger partial charge in [-0.05, 0) is 76.3 Å². The summed E-state index contributed by atoms with van der Waals surface area (Å²) in [5.41, 5.74) is 0.747. The fourth-order valence-electron chi connectivity index (χ4n) is 9.06. The molecule has 5 aliphatic rings. The zero-order valence-corrected chi connectivity index (χ0v) is 34.2. The molecule has 2 aliphatic heterocycles. The zero-order chi connectivity index (χ0) is 40.2. The van der Waals surface area contributed by atoms with Crippen LogP contribution >= 0.6 is 11.3 Å². The Balaban J connectivity index is 1.09. The van der Waals surface area contributed by atoms with Crippen LogP contribution < -0.4 is 25.4 Å². The van der Waals surface area contributed by atoms with E-state index in [9.17, 15) is 19.2 Å². The van der Waals surface area contributed by atoms with Crippen molar-refractivity contribution in [2.24, 2.45) is 5.92 Å². The first kappa shape index (κ1) is 39.9. The fourth-order valence-corrected chi connectivity index (χ4v) is 9.85. The first-order valence-electron chi connectivity index (χ1n) is 21.0. The highest BCUT2D eigenvalue weighted by Crippen LogP contribution is 2.46. The number of rotatable bonds is 9. The van der Waals surface area contributed by atoms with Crippen LogP contribution in [0, 0.1) is 5.92 Å². The van der Waals surface area contributed by atoms with Crippen molar-refractivity contribution in [3.63, 3.8) is 0 Å². The van der Waals surface area contributed by atoms with Gasteiger partial charge in [0.25, 0.3) is 0 Å². The first-order valence-corrected chi connectivity index (χ1v) is 21.8. The molecule has 1 saturated heterocycles. The van der Waals surface area contributed by atoms with Crippen molar-refractivity contribution in [2.75, 3.05) is 26.1 Å². The number of benzene rings is 1. The van der Waals surface area contributed by atoms with E-state index in [1.54, 1.807) is 7.11 Å². The number of esters is 1. The summed E-state index contributed by atoms with van der Waals surface area (Å²) in [6, 6.07) is 5.95. The third-order valence-corrected chi connectivity index (χ3v) is 13.2. The van der Waals surface area contributed by atoms with Crippen molar-refractivity contribution in [3.8, 4) is 22.9 Å². The molecule has 2 aromatic heterocycles. The SMILES string of the molecule is COC(=O)[C@@]12C[C@H]1/C=C\CCCCC[C@H](NC(=O)OC1CCCC1)C(=O)N1C[C@H](Oc3cc(-c4csc(NC5CCCC5)n4)nc4cc(OC)ccc34)C[C@H]1C(=O)N2. The van der Waals surface area contributed by atoms with Gasteiger partial charge in [0.1, 0.15) is 47.0 Å². The number of carbonyl (C=O) groups excluding carboxylic acids is 4. The van der Waals surface area contributed by atoms with Crippen molar-refractivity contribution < 1.29 is 38.1 Å². The number of fused-ring (bicyclic) bond motifs is 3. The van der Waals surface area contributed by atoms with Gasteiger partial charge in [-0.25, -0.2) is 19.6 Å². The van der Waals surface area contributed by atoms with Gasteiger partial charge in [0.15, 0.2) is 5.13 Å². The highest BCUT2D eigenvalue weighted by atomic mass is 32.1. The molecule has 4 heterocycles. The number of carbonyl (C=O) groups is 4. The molecule has 3 aromatic rings. The Morgan fingerprint density at radius 1 is 0.931 bits per heavy atom. The number of nitrogens with one attached hydrogen (secondary N) is 3. The lowest BCUT2D eigenvalue weighted by Gasteiger charge is -2.29. The normalized spacial score (nSPS) is 27.4. The lowest BCUT2D eigenvalue weighted by atomic mass is 10.0. The molecule has 14 nitrogen and oxygen atoms in total. The van der Waals surface area contributed by atoms with Crippen LogP contribution in [0.5, 0.6) is 11.5 Å². The molecule has 0 spiro atoms. The second-order valence-electron chi connectivity index (χ2n) is 16.4. The predicted molar refractivity (Wildman–Crippen MR) is 219 cm³/mol. The van der Waals surface area contributed by atoms with E-state index in [-0.39, 0.29) is 25.0 Å². The number of anilines is 1.